The fourth-order valence-corrected chi connectivity index (χ4v) is 5.26. The molecule has 0 spiro atoms. The Bertz CT molecular complexity index is 705. The molecule has 3 aliphatic rings. The van der Waals surface area contributed by atoms with Gasteiger partial charge in [-0.2, -0.15) is 0 Å². The van der Waals surface area contributed by atoms with Crippen molar-refractivity contribution >= 4 is 17.5 Å². The molecule has 2 saturated heterocycles. The van der Waals surface area contributed by atoms with Gasteiger partial charge in [-0.3, -0.25) is 9.69 Å². The molecule has 0 radical (unpaired) electrons. The van der Waals surface area contributed by atoms with Gasteiger partial charge in [-0.05, 0) is 37.5 Å². The van der Waals surface area contributed by atoms with Gasteiger partial charge in [0.15, 0.2) is 0 Å². The molecule has 2 aliphatic heterocycles. The molecule has 166 valence electrons. The highest BCUT2D eigenvalue weighted by Gasteiger charge is 2.24. The van der Waals surface area contributed by atoms with Crippen LogP contribution in [0.25, 0.3) is 0 Å². The molecule has 7 heteroatoms. The van der Waals surface area contributed by atoms with Gasteiger partial charge in [0.2, 0.25) is 5.91 Å². The Morgan fingerprint density at radius 3 is 2.43 bits per heavy atom. The summed E-state index contributed by atoms with van der Waals surface area (Å²) in [6.07, 6.45) is 9.05. The molecular weight excluding hydrogens is 376 g/mol. The van der Waals surface area contributed by atoms with Crippen LogP contribution in [-0.4, -0.2) is 72.6 Å². The van der Waals surface area contributed by atoms with Gasteiger partial charge in [0.25, 0.3) is 0 Å². The van der Waals surface area contributed by atoms with Crippen LogP contribution in [0.5, 0.6) is 0 Å². The number of hydrogen-bond acceptors (Lipinski definition) is 6. The quantitative estimate of drug-likeness (QED) is 0.799. The third kappa shape index (κ3) is 5.62. The van der Waals surface area contributed by atoms with Crippen molar-refractivity contribution in [1.29, 1.82) is 0 Å². The minimum Gasteiger partial charge on any atom is -0.356 e. The second-order valence-corrected chi connectivity index (χ2v) is 9.73. The van der Waals surface area contributed by atoms with Gasteiger partial charge in [0, 0.05) is 51.4 Å². The van der Waals surface area contributed by atoms with Gasteiger partial charge in [0.1, 0.15) is 18.0 Å². The van der Waals surface area contributed by atoms with E-state index in [0.29, 0.717) is 12.6 Å². The maximum atomic E-state index is 12.5. The van der Waals surface area contributed by atoms with Crippen LogP contribution in [0.3, 0.4) is 0 Å². The Morgan fingerprint density at radius 1 is 0.967 bits per heavy atom. The highest BCUT2D eigenvalue weighted by molar-refractivity contribution is 5.78. The molecule has 1 aliphatic carbocycles. The van der Waals surface area contributed by atoms with Gasteiger partial charge < -0.3 is 15.1 Å². The summed E-state index contributed by atoms with van der Waals surface area (Å²) in [5.74, 6) is 3.71. The molecule has 0 bridgehead atoms. The number of nitrogens with one attached hydrogen (secondary N) is 1. The zero-order valence-electron chi connectivity index (χ0n) is 18.7. The lowest BCUT2D eigenvalue weighted by molar-refractivity contribution is -0.123. The van der Waals surface area contributed by atoms with Gasteiger partial charge in [-0.1, -0.05) is 26.7 Å². The maximum Gasteiger partial charge on any atom is 0.234 e. The van der Waals surface area contributed by atoms with Crippen molar-refractivity contribution < 1.29 is 4.79 Å². The first-order valence-corrected chi connectivity index (χ1v) is 11.9. The summed E-state index contributed by atoms with van der Waals surface area (Å²) in [5, 5.41) is 3.27. The number of rotatable bonds is 5. The van der Waals surface area contributed by atoms with Crippen LogP contribution in [0.1, 0.15) is 52.4 Å². The van der Waals surface area contributed by atoms with E-state index in [0.717, 1.165) is 75.6 Å². The van der Waals surface area contributed by atoms with Crippen molar-refractivity contribution in [2.75, 3.05) is 55.6 Å². The Hall–Kier alpha value is -1.89. The molecular formula is C23H38N6O. The van der Waals surface area contributed by atoms with Gasteiger partial charge >= 0.3 is 0 Å². The number of carbonyl (C=O) groups is 1. The van der Waals surface area contributed by atoms with E-state index in [2.05, 4.69) is 49.9 Å². The Labute approximate surface area is 181 Å². The first-order valence-electron chi connectivity index (χ1n) is 11.9. The van der Waals surface area contributed by atoms with Crippen LogP contribution in [0.4, 0.5) is 11.6 Å². The summed E-state index contributed by atoms with van der Waals surface area (Å²) >= 11 is 0. The number of carbonyl (C=O) groups excluding carboxylic acids is 1. The summed E-state index contributed by atoms with van der Waals surface area (Å²) in [4.78, 5) is 28.6. The van der Waals surface area contributed by atoms with Crippen molar-refractivity contribution in [1.82, 2.24) is 20.2 Å². The lowest BCUT2D eigenvalue weighted by atomic mass is 9.87. The molecule has 1 aromatic heterocycles. The highest BCUT2D eigenvalue weighted by atomic mass is 16.2. The summed E-state index contributed by atoms with van der Waals surface area (Å²) in [5.41, 5.74) is 0. The number of amides is 1. The molecule has 0 aromatic carbocycles. The number of anilines is 2. The van der Waals surface area contributed by atoms with E-state index >= 15 is 0 Å². The van der Waals surface area contributed by atoms with Crippen molar-refractivity contribution in [3.05, 3.63) is 12.4 Å². The van der Waals surface area contributed by atoms with E-state index < -0.39 is 0 Å². The van der Waals surface area contributed by atoms with E-state index in [1.165, 1.54) is 25.7 Å². The van der Waals surface area contributed by atoms with E-state index in [1.54, 1.807) is 6.33 Å². The zero-order chi connectivity index (χ0) is 20.9. The number of hydrogen-bond donors (Lipinski definition) is 1. The van der Waals surface area contributed by atoms with Crippen molar-refractivity contribution in [2.24, 2.45) is 11.8 Å². The van der Waals surface area contributed by atoms with Gasteiger partial charge in [-0.15, -0.1) is 0 Å². The molecule has 4 rings (SSSR count). The first kappa shape index (κ1) is 21.3. The molecule has 30 heavy (non-hydrogen) atoms. The monoisotopic (exact) mass is 414 g/mol. The molecule has 1 saturated carbocycles. The lowest BCUT2D eigenvalue weighted by Gasteiger charge is -2.36. The molecule has 3 fully saturated rings. The summed E-state index contributed by atoms with van der Waals surface area (Å²) < 4.78 is 0. The van der Waals surface area contributed by atoms with Crippen LogP contribution in [-0.2, 0) is 4.79 Å². The molecule has 7 nitrogen and oxygen atoms in total. The average molecular weight is 415 g/mol. The van der Waals surface area contributed by atoms with Crippen LogP contribution < -0.4 is 15.1 Å². The normalized spacial score (nSPS) is 28.4. The lowest BCUT2D eigenvalue weighted by Crippen LogP contribution is -2.51. The molecule has 1 aromatic rings. The van der Waals surface area contributed by atoms with Crippen molar-refractivity contribution in [3.63, 3.8) is 0 Å². The van der Waals surface area contributed by atoms with E-state index in [1.807, 2.05) is 0 Å². The number of piperidine rings is 1. The van der Waals surface area contributed by atoms with Crippen LogP contribution >= 0.6 is 0 Å². The summed E-state index contributed by atoms with van der Waals surface area (Å²) in [6, 6.07) is 2.52. The fraction of sp³-hybridized carbons (Fsp3) is 0.783. The largest absolute Gasteiger partial charge is 0.356 e. The van der Waals surface area contributed by atoms with E-state index in [4.69, 9.17) is 0 Å². The van der Waals surface area contributed by atoms with E-state index in [9.17, 15) is 4.79 Å². The first-order chi connectivity index (χ1) is 14.6. The zero-order valence-corrected chi connectivity index (χ0v) is 18.7. The third-order valence-electron chi connectivity index (χ3n) is 6.98. The summed E-state index contributed by atoms with van der Waals surface area (Å²) in [6.45, 7) is 10.9. The molecule has 3 atom stereocenters. The SMILES string of the molecule is CC1CCCC(NC(=O)CN2CCN(c3cc(N4CCCC(C)C4)ncn3)CC2)C1. The standard InChI is InChI=1S/C23H38N6O/c1-18-5-3-7-20(13-18)26-23(30)16-27-9-11-28(12-10-27)21-14-22(25-17-24-21)29-8-4-6-19(2)15-29/h14,17-20H,3-13,15-16H2,1-2H3,(H,26,30). The minimum atomic E-state index is 0.186. The average Bonchev–Trinajstić information content (AvgIpc) is 2.74. The third-order valence-corrected chi connectivity index (χ3v) is 6.98. The van der Waals surface area contributed by atoms with Crippen LogP contribution in [0.2, 0.25) is 0 Å². The minimum absolute atomic E-state index is 0.186. The Kier molecular flexibility index (Phi) is 7.08. The molecule has 3 heterocycles. The Morgan fingerprint density at radius 2 is 1.70 bits per heavy atom. The predicted molar refractivity (Wildman–Crippen MR) is 121 cm³/mol. The fourth-order valence-electron chi connectivity index (χ4n) is 5.26. The number of aromatic nitrogens is 2. The van der Waals surface area contributed by atoms with E-state index in [-0.39, 0.29) is 5.91 Å². The second kappa shape index (κ2) is 9.94. The Balaban J connectivity index is 1.25. The number of piperazine rings is 1. The second-order valence-electron chi connectivity index (χ2n) is 9.73. The highest BCUT2D eigenvalue weighted by Crippen LogP contribution is 2.25. The smallest absolute Gasteiger partial charge is 0.234 e. The van der Waals surface area contributed by atoms with Gasteiger partial charge in [0.05, 0.1) is 6.54 Å². The van der Waals surface area contributed by atoms with Crippen molar-refractivity contribution in [3.8, 4) is 0 Å². The van der Waals surface area contributed by atoms with Gasteiger partial charge in [-0.25, -0.2) is 9.97 Å². The van der Waals surface area contributed by atoms with Crippen molar-refractivity contribution in [2.45, 2.75) is 58.4 Å². The predicted octanol–water partition coefficient (Wildman–Crippen LogP) is 2.53. The molecule has 1 amide bonds. The van der Waals surface area contributed by atoms with Crippen LogP contribution in [0, 0.1) is 11.8 Å². The topological polar surface area (TPSA) is 64.6 Å². The molecule has 3 unspecified atom stereocenters. The number of nitrogens with zero attached hydrogens (tertiary/aromatic N) is 5. The summed E-state index contributed by atoms with van der Waals surface area (Å²) in [7, 11) is 0. The van der Waals surface area contributed by atoms with Crippen LogP contribution in [0.15, 0.2) is 12.4 Å². The maximum absolute atomic E-state index is 12.5. The molecule has 1 N–H and O–H groups in total.